The Balaban J connectivity index is 2.09. The molecule has 1 fully saturated rings. The third-order valence-corrected chi connectivity index (χ3v) is 6.25. The van der Waals surface area contributed by atoms with Crippen molar-refractivity contribution in [2.24, 2.45) is 0 Å². The number of ether oxygens (including phenoxy) is 1. The first-order valence-corrected chi connectivity index (χ1v) is 8.24. The molecule has 0 saturated carbocycles. The van der Waals surface area contributed by atoms with Crippen molar-refractivity contribution in [3.8, 4) is 5.75 Å². The van der Waals surface area contributed by atoms with Gasteiger partial charge in [0.15, 0.2) is 0 Å². The molecule has 1 aliphatic rings. The highest BCUT2D eigenvalue weighted by Crippen LogP contribution is 2.49. The van der Waals surface area contributed by atoms with Crippen LogP contribution in [0, 0.1) is 0 Å². The standard InChI is InChI=1S/C15H18O2S2/c1-11(2)14(16)17-13-7-5-12(6-8-13)15(3)18-9-4-10-19-15/h5-8H,1,4,9-10H2,2-3H3. The average molecular weight is 294 g/mol. The lowest BCUT2D eigenvalue weighted by Crippen LogP contribution is -2.18. The number of rotatable bonds is 3. The van der Waals surface area contributed by atoms with Gasteiger partial charge < -0.3 is 4.74 Å². The molecule has 4 heteroatoms. The van der Waals surface area contributed by atoms with Crippen LogP contribution < -0.4 is 4.74 Å². The van der Waals surface area contributed by atoms with E-state index < -0.39 is 0 Å². The van der Waals surface area contributed by atoms with E-state index in [9.17, 15) is 4.79 Å². The molecule has 102 valence electrons. The summed E-state index contributed by atoms with van der Waals surface area (Å²) in [4.78, 5) is 11.4. The van der Waals surface area contributed by atoms with E-state index >= 15 is 0 Å². The summed E-state index contributed by atoms with van der Waals surface area (Å²) in [6.07, 6.45) is 1.28. The summed E-state index contributed by atoms with van der Waals surface area (Å²) >= 11 is 3.97. The Kier molecular flexibility index (Phi) is 4.63. The monoisotopic (exact) mass is 294 g/mol. The maximum Gasteiger partial charge on any atom is 0.338 e. The van der Waals surface area contributed by atoms with Crippen molar-refractivity contribution in [1.82, 2.24) is 0 Å². The van der Waals surface area contributed by atoms with Gasteiger partial charge in [0.1, 0.15) is 5.75 Å². The summed E-state index contributed by atoms with van der Waals surface area (Å²) in [6.45, 7) is 7.48. The molecule has 0 radical (unpaired) electrons. The lowest BCUT2D eigenvalue weighted by molar-refractivity contribution is -0.130. The summed E-state index contributed by atoms with van der Waals surface area (Å²) in [7, 11) is 0. The molecule has 1 aromatic carbocycles. The van der Waals surface area contributed by atoms with Gasteiger partial charge in [-0.25, -0.2) is 4.79 Å². The molecule has 0 spiro atoms. The normalized spacial score (nSPS) is 17.8. The number of hydrogen-bond donors (Lipinski definition) is 0. The van der Waals surface area contributed by atoms with Gasteiger partial charge in [-0.2, -0.15) is 0 Å². The Hall–Kier alpha value is -0.870. The fraction of sp³-hybridized carbons (Fsp3) is 0.400. The molecule has 19 heavy (non-hydrogen) atoms. The van der Waals surface area contributed by atoms with Crippen LogP contribution in [0.2, 0.25) is 0 Å². The number of benzene rings is 1. The number of carbonyl (C=O) groups excluding carboxylic acids is 1. The first kappa shape index (κ1) is 14.5. The third kappa shape index (κ3) is 3.57. The minimum Gasteiger partial charge on any atom is -0.423 e. The van der Waals surface area contributed by atoms with Crippen molar-refractivity contribution in [3.63, 3.8) is 0 Å². The van der Waals surface area contributed by atoms with Crippen LogP contribution in [0.25, 0.3) is 0 Å². The first-order valence-electron chi connectivity index (χ1n) is 6.27. The van der Waals surface area contributed by atoms with Crippen LogP contribution >= 0.6 is 23.5 Å². The van der Waals surface area contributed by atoms with Gasteiger partial charge >= 0.3 is 5.97 Å². The van der Waals surface area contributed by atoms with Gasteiger partial charge in [0.05, 0.1) is 4.08 Å². The Labute approximate surface area is 123 Å². The number of carbonyl (C=O) groups is 1. The van der Waals surface area contributed by atoms with Gasteiger partial charge in [-0.05, 0) is 49.5 Å². The highest BCUT2D eigenvalue weighted by Gasteiger charge is 2.30. The molecule has 1 saturated heterocycles. The molecule has 0 unspecified atom stereocenters. The molecule has 0 aliphatic carbocycles. The summed E-state index contributed by atoms with van der Waals surface area (Å²) in [5.41, 5.74) is 1.69. The molecule has 1 aliphatic heterocycles. The van der Waals surface area contributed by atoms with Gasteiger partial charge in [-0.1, -0.05) is 18.7 Å². The Bertz CT molecular complexity index is 473. The predicted octanol–water partition coefficient (Wildman–Crippen LogP) is 4.21. The van der Waals surface area contributed by atoms with Crippen molar-refractivity contribution >= 4 is 29.5 Å². The number of esters is 1. The van der Waals surface area contributed by atoms with E-state index in [-0.39, 0.29) is 10.0 Å². The highest BCUT2D eigenvalue weighted by molar-refractivity contribution is 8.18. The number of hydrogen-bond acceptors (Lipinski definition) is 4. The van der Waals surface area contributed by atoms with Gasteiger partial charge in [-0.15, -0.1) is 23.5 Å². The largest absolute Gasteiger partial charge is 0.423 e. The zero-order valence-corrected chi connectivity index (χ0v) is 12.9. The van der Waals surface area contributed by atoms with E-state index in [4.69, 9.17) is 4.74 Å². The summed E-state index contributed by atoms with van der Waals surface area (Å²) in [5.74, 6) is 2.61. The van der Waals surface area contributed by atoms with E-state index in [0.29, 0.717) is 11.3 Å². The lowest BCUT2D eigenvalue weighted by Gasteiger charge is -2.32. The Morgan fingerprint density at radius 2 is 1.84 bits per heavy atom. The smallest absolute Gasteiger partial charge is 0.338 e. The second-order valence-corrected chi connectivity index (χ2v) is 7.98. The van der Waals surface area contributed by atoms with Crippen LogP contribution in [0.1, 0.15) is 25.8 Å². The Morgan fingerprint density at radius 3 is 2.37 bits per heavy atom. The van der Waals surface area contributed by atoms with Crippen LogP contribution in [0.3, 0.4) is 0 Å². The Morgan fingerprint density at radius 1 is 1.26 bits per heavy atom. The zero-order valence-electron chi connectivity index (χ0n) is 11.3. The highest BCUT2D eigenvalue weighted by atomic mass is 32.2. The van der Waals surface area contributed by atoms with E-state index in [1.807, 2.05) is 47.8 Å². The van der Waals surface area contributed by atoms with Crippen molar-refractivity contribution in [2.75, 3.05) is 11.5 Å². The molecule has 0 aromatic heterocycles. The van der Waals surface area contributed by atoms with Crippen LogP contribution in [-0.2, 0) is 8.87 Å². The molecule has 0 amide bonds. The molecule has 0 bridgehead atoms. The van der Waals surface area contributed by atoms with Crippen molar-refractivity contribution in [2.45, 2.75) is 24.3 Å². The van der Waals surface area contributed by atoms with Crippen molar-refractivity contribution in [1.29, 1.82) is 0 Å². The molecule has 0 atom stereocenters. The second kappa shape index (κ2) is 6.06. The summed E-state index contributed by atoms with van der Waals surface area (Å²) in [5, 5.41) is 0. The summed E-state index contributed by atoms with van der Waals surface area (Å²) < 4.78 is 5.32. The van der Waals surface area contributed by atoms with Crippen LogP contribution in [0.15, 0.2) is 36.4 Å². The number of thioether (sulfide) groups is 2. The van der Waals surface area contributed by atoms with E-state index in [1.54, 1.807) is 6.92 Å². The van der Waals surface area contributed by atoms with Crippen LogP contribution in [0.5, 0.6) is 5.75 Å². The predicted molar refractivity (Wildman–Crippen MR) is 83.8 cm³/mol. The lowest BCUT2D eigenvalue weighted by atomic mass is 10.1. The first-order chi connectivity index (χ1) is 9.01. The zero-order chi connectivity index (χ0) is 13.9. The SMILES string of the molecule is C=C(C)C(=O)Oc1ccc(C2(C)SCCCS2)cc1. The maximum atomic E-state index is 11.4. The third-order valence-electron chi connectivity index (χ3n) is 2.98. The van der Waals surface area contributed by atoms with Crippen LogP contribution in [0.4, 0.5) is 0 Å². The molecular weight excluding hydrogens is 276 g/mol. The fourth-order valence-electron chi connectivity index (χ4n) is 1.82. The second-order valence-electron chi connectivity index (χ2n) is 4.69. The molecule has 1 heterocycles. The molecular formula is C15H18O2S2. The topological polar surface area (TPSA) is 26.3 Å². The van der Waals surface area contributed by atoms with E-state index in [0.717, 1.165) is 0 Å². The van der Waals surface area contributed by atoms with Crippen LogP contribution in [-0.4, -0.2) is 17.5 Å². The van der Waals surface area contributed by atoms with Gasteiger partial charge in [-0.3, -0.25) is 0 Å². The van der Waals surface area contributed by atoms with Gasteiger partial charge in [0.2, 0.25) is 0 Å². The molecule has 0 N–H and O–H groups in total. The van der Waals surface area contributed by atoms with Crippen molar-refractivity contribution < 1.29 is 9.53 Å². The van der Waals surface area contributed by atoms with Crippen molar-refractivity contribution in [3.05, 3.63) is 42.0 Å². The minimum absolute atomic E-state index is 0.120. The molecule has 1 aromatic rings. The summed E-state index contributed by atoms with van der Waals surface area (Å²) in [6, 6.07) is 7.81. The maximum absolute atomic E-state index is 11.4. The molecule has 2 nitrogen and oxygen atoms in total. The van der Waals surface area contributed by atoms with Gasteiger partial charge in [0, 0.05) is 5.57 Å². The average Bonchev–Trinajstić information content (AvgIpc) is 2.40. The van der Waals surface area contributed by atoms with E-state index in [1.165, 1.54) is 23.5 Å². The van der Waals surface area contributed by atoms with Gasteiger partial charge in [0.25, 0.3) is 0 Å². The molecule has 2 rings (SSSR count). The van der Waals surface area contributed by atoms with E-state index in [2.05, 4.69) is 13.5 Å². The fourth-order valence-corrected chi connectivity index (χ4v) is 4.80. The minimum atomic E-state index is -0.375. The quantitative estimate of drug-likeness (QED) is 0.474.